The number of hydrogen-bond donors (Lipinski definition) is 0. The molecule has 0 bridgehead atoms. The highest BCUT2D eigenvalue weighted by Gasteiger charge is 2.74. The van der Waals surface area contributed by atoms with Gasteiger partial charge >= 0.3 is 6.09 Å². The van der Waals surface area contributed by atoms with Crippen LogP contribution in [0.15, 0.2) is 24.3 Å². The lowest BCUT2D eigenvalue weighted by molar-refractivity contribution is -0.00130. The Morgan fingerprint density at radius 3 is 2.52 bits per heavy atom. The fourth-order valence-electron chi connectivity index (χ4n) is 2.90. The van der Waals surface area contributed by atoms with Gasteiger partial charge in [0.2, 0.25) is 5.06 Å². The number of ether oxygens (including phenoxy) is 2. The first kappa shape index (κ1) is 14.6. The smallest absolute Gasteiger partial charge is 0.418 e. The van der Waals surface area contributed by atoms with Gasteiger partial charge in [-0.15, -0.1) is 0 Å². The Kier molecular flexibility index (Phi) is 3.00. The number of amides is 1. The zero-order chi connectivity index (χ0) is 15.5. The number of carbonyl (C=O) groups excluding carboxylic acids is 1. The van der Waals surface area contributed by atoms with Crippen LogP contribution in [0.25, 0.3) is 0 Å². The van der Waals surface area contributed by atoms with E-state index in [1.54, 1.807) is 16.7 Å². The van der Waals surface area contributed by atoms with Crippen LogP contribution in [0.3, 0.4) is 0 Å². The molecule has 2 heterocycles. The second kappa shape index (κ2) is 4.32. The van der Waals surface area contributed by atoms with Crippen molar-refractivity contribution in [3.05, 3.63) is 24.3 Å². The fraction of sp³-hybridized carbons (Fsp3) is 0.562. The second-order valence-corrected chi connectivity index (χ2v) is 8.20. The largest absolute Gasteiger partial charge is 0.455 e. The summed E-state index contributed by atoms with van der Waals surface area (Å²) < 4.78 is 11.5. The fourth-order valence-corrected chi connectivity index (χ4v) is 4.73. The minimum atomic E-state index is -0.730. The summed E-state index contributed by atoms with van der Waals surface area (Å²) in [5, 5.41) is -0.730. The maximum atomic E-state index is 12.5. The van der Waals surface area contributed by atoms with Gasteiger partial charge in [0.15, 0.2) is 0 Å². The quantitative estimate of drug-likeness (QED) is 0.777. The summed E-state index contributed by atoms with van der Waals surface area (Å²) in [6.45, 7) is 10.8. The van der Waals surface area contributed by atoms with Crippen molar-refractivity contribution in [1.82, 2.24) is 0 Å². The van der Waals surface area contributed by atoms with Gasteiger partial charge in [0.1, 0.15) is 5.75 Å². The Morgan fingerprint density at radius 1 is 1.29 bits per heavy atom. The lowest BCUT2D eigenvalue weighted by Gasteiger charge is -2.64. The molecular weight excluding hydrogens is 286 g/mol. The summed E-state index contributed by atoms with van der Waals surface area (Å²) in [5.74, 6) is 0.738. The van der Waals surface area contributed by atoms with E-state index in [2.05, 4.69) is 27.7 Å². The van der Waals surface area contributed by atoms with Gasteiger partial charge in [0, 0.05) is 10.2 Å². The van der Waals surface area contributed by atoms with E-state index < -0.39 is 5.06 Å². The van der Waals surface area contributed by atoms with Gasteiger partial charge in [0.25, 0.3) is 0 Å². The number of carbonyl (C=O) groups is 1. The standard InChI is InChI=1S/C16H21NO3S/c1-6-19-13(18)17-11-9-7-8-10-12(11)20-16(17)14(2,3)15(4,5)21-16/h7-10H,6H2,1-5H3. The summed E-state index contributed by atoms with van der Waals surface area (Å²) in [5.41, 5.74) is 0.572. The number of fused-ring (bicyclic) bond motifs is 1. The topological polar surface area (TPSA) is 38.8 Å². The molecule has 2 aliphatic rings. The van der Waals surface area contributed by atoms with Crippen molar-refractivity contribution < 1.29 is 14.3 Å². The third kappa shape index (κ3) is 1.67. The normalized spacial score (nSPS) is 27.8. The molecular formula is C16H21NO3S. The van der Waals surface area contributed by atoms with E-state index in [1.165, 1.54) is 0 Å². The SMILES string of the molecule is CCOC(=O)N1c2ccccc2OC12SC(C)(C)C2(C)C. The molecule has 21 heavy (non-hydrogen) atoms. The van der Waals surface area contributed by atoms with Crippen LogP contribution < -0.4 is 9.64 Å². The molecule has 4 nitrogen and oxygen atoms in total. The highest BCUT2D eigenvalue weighted by atomic mass is 32.2. The summed E-state index contributed by atoms with van der Waals surface area (Å²) in [7, 11) is 0. The molecule has 1 amide bonds. The first-order valence-electron chi connectivity index (χ1n) is 7.22. The third-order valence-corrected chi connectivity index (χ3v) is 6.86. The number of benzene rings is 1. The van der Waals surface area contributed by atoms with E-state index >= 15 is 0 Å². The number of thioether (sulfide) groups is 1. The Bertz CT molecular complexity index is 599. The Hall–Kier alpha value is -1.36. The van der Waals surface area contributed by atoms with Crippen LogP contribution in [0, 0.1) is 5.41 Å². The first-order chi connectivity index (χ1) is 9.77. The molecule has 1 aromatic rings. The zero-order valence-electron chi connectivity index (χ0n) is 13.1. The van der Waals surface area contributed by atoms with Crippen molar-refractivity contribution in [3.63, 3.8) is 0 Å². The van der Waals surface area contributed by atoms with Gasteiger partial charge in [-0.25, -0.2) is 9.69 Å². The zero-order valence-corrected chi connectivity index (χ0v) is 13.9. The molecule has 2 aliphatic heterocycles. The molecule has 3 rings (SSSR count). The molecule has 0 aliphatic carbocycles. The number of rotatable bonds is 1. The summed E-state index contributed by atoms with van der Waals surface area (Å²) >= 11 is 1.67. The highest BCUT2D eigenvalue weighted by molar-refractivity contribution is 8.03. The number of nitrogens with zero attached hydrogens (tertiary/aromatic N) is 1. The van der Waals surface area contributed by atoms with Crippen LogP contribution >= 0.6 is 11.8 Å². The number of para-hydroxylation sites is 2. The first-order valence-corrected chi connectivity index (χ1v) is 8.04. The van der Waals surface area contributed by atoms with Crippen LogP contribution in [0.4, 0.5) is 10.5 Å². The molecule has 0 aromatic heterocycles. The summed E-state index contributed by atoms with van der Waals surface area (Å²) in [6, 6.07) is 7.64. The van der Waals surface area contributed by atoms with Gasteiger partial charge in [-0.05, 0) is 32.9 Å². The molecule has 1 unspecified atom stereocenters. The lowest BCUT2D eigenvalue weighted by atomic mass is 9.76. The molecule has 1 aromatic carbocycles. The molecule has 5 heteroatoms. The van der Waals surface area contributed by atoms with Gasteiger partial charge in [-0.2, -0.15) is 0 Å². The van der Waals surface area contributed by atoms with E-state index in [-0.39, 0.29) is 16.3 Å². The minimum Gasteiger partial charge on any atom is -0.455 e. The van der Waals surface area contributed by atoms with Crippen molar-refractivity contribution >= 4 is 23.5 Å². The monoisotopic (exact) mass is 307 g/mol. The summed E-state index contributed by atoms with van der Waals surface area (Å²) in [4.78, 5) is 14.2. The molecule has 1 spiro atoms. The van der Waals surface area contributed by atoms with Crippen LogP contribution in [0.2, 0.25) is 0 Å². The molecule has 0 radical (unpaired) electrons. The number of hydrogen-bond acceptors (Lipinski definition) is 4. The minimum absolute atomic E-state index is 0.0137. The van der Waals surface area contributed by atoms with Gasteiger partial charge in [-0.1, -0.05) is 37.7 Å². The van der Waals surface area contributed by atoms with Crippen LogP contribution in [-0.4, -0.2) is 22.5 Å². The molecule has 1 atom stereocenters. The van der Waals surface area contributed by atoms with Crippen molar-refractivity contribution in [2.24, 2.45) is 5.41 Å². The lowest BCUT2D eigenvalue weighted by Crippen LogP contribution is -2.74. The average Bonchev–Trinajstić information content (AvgIpc) is 2.74. The van der Waals surface area contributed by atoms with Gasteiger partial charge in [-0.3, -0.25) is 0 Å². The average molecular weight is 307 g/mol. The Morgan fingerprint density at radius 2 is 1.95 bits per heavy atom. The van der Waals surface area contributed by atoms with E-state index in [0.717, 1.165) is 11.4 Å². The van der Waals surface area contributed by atoms with Crippen molar-refractivity contribution in [3.8, 4) is 5.75 Å². The van der Waals surface area contributed by atoms with Gasteiger partial charge < -0.3 is 9.47 Å². The molecule has 0 saturated carbocycles. The van der Waals surface area contributed by atoms with Gasteiger partial charge in [0.05, 0.1) is 12.3 Å². The predicted molar refractivity (Wildman–Crippen MR) is 84.8 cm³/mol. The third-order valence-electron chi connectivity index (χ3n) is 4.79. The maximum absolute atomic E-state index is 12.5. The van der Waals surface area contributed by atoms with Crippen molar-refractivity contribution in [1.29, 1.82) is 0 Å². The molecule has 1 fully saturated rings. The maximum Gasteiger partial charge on any atom is 0.418 e. The van der Waals surface area contributed by atoms with E-state index in [1.807, 2.05) is 31.2 Å². The van der Waals surface area contributed by atoms with E-state index in [9.17, 15) is 4.79 Å². The molecule has 114 valence electrons. The van der Waals surface area contributed by atoms with Crippen LogP contribution in [-0.2, 0) is 4.74 Å². The van der Waals surface area contributed by atoms with Crippen LogP contribution in [0.1, 0.15) is 34.6 Å². The number of anilines is 1. The van der Waals surface area contributed by atoms with E-state index in [4.69, 9.17) is 9.47 Å². The second-order valence-electron chi connectivity index (χ2n) is 6.42. The molecule has 0 N–H and O–H groups in total. The Balaban J connectivity index is 2.09. The van der Waals surface area contributed by atoms with E-state index in [0.29, 0.717) is 6.61 Å². The molecule has 1 saturated heterocycles. The van der Waals surface area contributed by atoms with Crippen LogP contribution in [0.5, 0.6) is 5.75 Å². The Labute approximate surface area is 129 Å². The van der Waals surface area contributed by atoms with Crippen molar-refractivity contribution in [2.75, 3.05) is 11.5 Å². The highest BCUT2D eigenvalue weighted by Crippen LogP contribution is 2.72. The predicted octanol–water partition coefficient (Wildman–Crippen LogP) is 4.25. The summed E-state index contributed by atoms with van der Waals surface area (Å²) in [6.07, 6.45) is -0.349. The van der Waals surface area contributed by atoms with Crippen molar-refractivity contribution in [2.45, 2.75) is 44.4 Å².